The van der Waals surface area contributed by atoms with Crippen molar-refractivity contribution >= 4 is 11.7 Å². The van der Waals surface area contributed by atoms with Crippen molar-refractivity contribution in [2.75, 3.05) is 18.0 Å². The summed E-state index contributed by atoms with van der Waals surface area (Å²) in [5, 5.41) is 2.92. The molecule has 1 aromatic rings. The van der Waals surface area contributed by atoms with Crippen molar-refractivity contribution in [3.8, 4) is 0 Å². The second-order valence-corrected chi connectivity index (χ2v) is 5.45. The highest BCUT2D eigenvalue weighted by atomic mass is 16.1. The van der Waals surface area contributed by atoms with Crippen LogP contribution in [0.3, 0.4) is 0 Å². The van der Waals surface area contributed by atoms with Gasteiger partial charge >= 0.3 is 0 Å². The number of pyridine rings is 1. The standard InChI is InChI=1S/C16H25N3O/c1-2-7-16(20)18-13-14-8-9-15(17-12-14)19-10-5-3-4-6-11-19/h8-9,12H,2-7,10-11,13H2,1H3,(H,18,20). The lowest BCUT2D eigenvalue weighted by Gasteiger charge is -2.21. The first-order chi connectivity index (χ1) is 9.79. The molecule has 1 amide bonds. The Labute approximate surface area is 121 Å². The van der Waals surface area contributed by atoms with Gasteiger partial charge in [0.25, 0.3) is 0 Å². The summed E-state index contributed by atoms with van der Waals surface area (Å²) < 4.78 is 0. The first-order valence-corrected chi connectivity index (χ1v) is 7.76. The summed E-state index contributed by atoms with van der Waals surface area (Å²) in [5.41, 5.74) is 1.06. The number of hydrogen-bond donors (Lipinski definition) is 1. The Morgan fingerprint density at radius 1 is 1.25 bits per heavy atom. The van der Waals surface area contributed by atoms with Crippen molar-refractivity contribution in [2.45, 2.75) is 52.0 Å². The topological polar surface area (TPSA) is 45.2 Å². The van der Waals surface area contributed by atoms with E-state index >= 15 is 0 Å². The molecule has 0 aromatic carbocycles. The summed E-state index contributed by atoms with van der Waals surface area (Å²) in [6.07, 6.45) is 8.55. The molecule has 1 aliphatic rings. The van der Waals surface area contributed by atoms with Gasteiger partial charge in [0.2, 0.25) is 5.91 Å². The lowest BCUT2D eigenvalue weighted by Crippen LogP contribution is -2.25. The summed E-state index contributed by atoms with van der Waals surface area (Å²) in [5.74, 6) is 1.18. The molecule has 110 valence electrons. The molecule has 0 unspecified atom stereocenters. The number of rotatable bonds is 5. The van der Waals surface area contributed by atoms with Crippen LogP contribution < -0.4 is 10.2 Å². The van der Waals surface area contributed by atoms with E-state index in [-0.39, 0.29) is 5.91 Å². The van der Waals surface area contributed by atoms with Crippen molar-refractivity contribution < 1.29 is 4.79 Å². The largest absolute Gasteiger partial charge is 0.357 e. The van der Waals surface area contributed by atoms with Crippen LogP contribution in [-0.2, 0) is 11.3 Å². The van der Waals surface area contributed by atoms with Crippen LogP contribution >= 0.6 is 0 Å². The fourth-order valence-electron chi connectivity index (χ4n) is 2.52. The van der Waals surface area contributed by atoms with Crippen molar-refractivity contribution in [1.82, 2.24) is 10.3 Å². The van der Waals surface area contributed by atoms with Gasteiger partial charge in [-0.25, -0.2) is 4.98 Å². The number of carbonyl (C=O) groups is 1. The second-order valence-electron chi connectivity index (χ2n) is 5.45. The molecule has 0 saturated carbocycles. The average Bonchev–Trinajstić information content (AvgIpc) is 2.75. The maximum absolute atomic E-state index is 11.4. The van der Waals surface area contributed by atoms with Gasteiger partial charge < -0.3 is 10.2 Å². The summed E-state index contributed by atoms with van der Waals surface area (Å²) in [7, 11) is 0. The van der Waals surface area contributed by atoms with Gasteiger partial charge in [-0.15, -0.1) is 0 Å². The molecule has 0 bridgehead atoms. The molecule has 0 atom stereocenters. The Kier molecular flexibility index (Phi) is 5.84. The van der Waals surface area contributed by atoms with E-state index in [4.69, 9.17) is 0 Å². The third-order valence-corrected chi connectivity index (χ3v) is 3.71. The normalized spacial score (nSPS) is 15.8. The average molecular weight is 275 g/mol. The van der Waals surface area contributed by atoms with Crippen LogP contribution in [0.5, 0.6) is 0 Å². The minimum absolute atomic E-state index is 0.115. The zero-order valence-corrected chi connectivity index (χ0v) is 12.4. The number of carbonyl (C=O) groups excluding carboxylic acids is 1. The smallest absolute Gasteiger partial charge is 0.220 e. The number of aromatic nitrogens is 1. The minimum atomic E-state index is 0.115. The van der Waals surface area contributed by atoms with Gasteiger partial charge in [0.15, 0.2) is 0 Å². The maximum atomic E-state index is 11.4. The molecule has 1 N–H and O–H groups in total. The predicted octanol–water partition coefficient (Wildman–Crippen LogP) is 2.88. The Morgan fingerprint density at radius 2 is 2.00 bits per heavy atom. The van der Waals surface area contributed by atoms with Gasteiger partial charge in [0.1, 0.15) is 5.82 Å². The van der Waals surface area contributed by atoms with E-state index in [0.717, 1.165) is 30.9 Å². The van der Waals surface area contributed by atoms with Crippen molar-refractivity contribution in [2.24, 2.45) is 0 Å². The van der Waals surface area contributed by atoms with Crippen LogP contribution in [0.25, 0.3) is 0 Å². The number of hydrogen-bond acceptors (Lipinski definition) is 3. The molecule has 1 fully saturated rings. The molecule has 2 rings (SSSR count). The summed E-state index contributed by atoms with van der Waals surface area (Å²) >= 11 is 0. The highest BCUT2D eigenvalue weighted by molar-refractivity contribution is 5.75. The van der Waals surface area contributed by atoms with E-state index in [9.17, 15) is 4.79 Å². The van der Waals surface area contributed by atoms with Crippen molar-refractivity contribution in [1.29, 1.82) is 0 Å². The number of nitrogens with zero attached hydrogens (tertiary/aromatic N) is 2. The molecule has 20 heavy (non-hydrogen) atoms. The van der Waals surface area contributed by atoms with Crippen LogP contribution in [0.15, 0.2) is 18.3 Å². The molecule has 0 aliphatic carbocycles. The van der Waals surface area contributed by atoms with E-state index in [1.54, 1.807) is 0 Å². The quantitative estimate of drug-likeness (QED) is 0.898. The Balaban J connectivity index is 1.87. The van der Waals surface area contributed by atoms with Gasteiger partial charge in [-0.1, -0.05) is 25.8 Å². The monoisotopic (exact) mass is 275 g/mol. The first kappa shape index (κ1) is 14.8. The van der Waals surface area contributed by atoms with Gasteiger partial charge in [-0.05, 0) is 30.9 Å². The molecular weight excluding hydrogens is 250 g/mol. The van der Waals surface area contributed by atoms with Gasteiger partial charge in [0.05, 0.1) is 0 Å². The summed E-state index contributed by atoms with van der Waals surface area (Å²) in [6, 6.07) is 4.14. The highest BCUT2D eigenvalue weighted by Crippen LogP contribution is 2.17. The molecule has 0 radical (unpaired) electrons. The van der Waals surface area contributed by atoms with E-state index in [1.807, 2.05) is 13.1 Å². The van der Waals surface area contributed by atoms with Crippen molar-refractivity contribution in [3.05, 3.63) is 23.9 Å². The number of amides is 1. The molecular formula is C16H25N3O. The van der Waals surface area contributed by atoms with Crippen LogP contribution in [0.2, 0.25) is 0 Å². The molecule has 0 spiro atoms. The first-order valence-electron chi connectivity index (χ1n) is 7.76. The van der Waals surface area contributed by atoms with Crippen LogP contribution in [0.1, 0.15) is 51.0 Å². The Morgan fingerprint density at radius 3 is 2.60 bits per heavy atom. The van der Waals surface area contributed by atoms with Crippen LogP contribution in [0.4, 0.5) is 5.82 Å². The summed E-state index contributed by atoms with van der Waals surface area (Å²) in [4.78, 5) is 18.3. The molecule has 4 heteroatoms. The third kappa shape index (κ3) is 4.51. The van der Waals surface area contributed by atoms with Gasteiger partial charge in [-0.3, -0.25) is 4.79 Å². The SMILES string of the molecule is CCCC(=O)NCc1ccc(N2CCCCCC2)nc1. The molecule has 1 saturated heterocycles. The zero-order valence-electron chi connectivity index (χ0n) is 12.4. The van der Waals surface area contributed by atoms with E-state index in [2.05, 4.69) is 27.3 Å². The Hall–Kier alpha value is -1.58. The predicted molar refractivity (Wildman–Crippen MR) is 81.7 cm³/mol. The Bertz CT molecular complexity index is 408. The lowest BCUT2D eigenvalue weighted by molar-refractivity contribution is -0.121. The zero-order chi connectivity index (χ0) is 14.2. The lowest BCUT2D eigenvalue weighted by atomic mass is 10.2. The maximum Gasteiger partial charge on any atom is 0.220 e. The number of anilines is 1. The van der Waals surface area contributed by atoms with Crippen LogP contribution in [0, 0.1) is 0 Å². The van der Waals surface area contributed by atoms with Gasteiger partial charge in [0, 0.05) is 32.3 Å². The number of nitrogens with one attached hydrogen (secondary N) is 1. The fraction of sp³-hybridized carbons (Fsp3) is 0.625. The molecule has 4 nitrogen and oxygen atoms in total. The fourth-order valence-corrected chi connectivity index (χ4v) is 2.52. The van der Waals surface area contributed by atoms with Crippen LogP contribution in [-0.4, -0.2) is 24.0 Å². The van der Waals surface area contributed by atoms with E-state index in [1.165, 1.54) is 25.7 Å². The molecule has 2 heterocycles. The third-order valence-electron chi connectivity index (χ3n) is 3.71. The second kappa shape index (κ2) is 7.88. The summed E-state index contributed by atoms with van der Waals surface area (Å²) in [6.45, 7) is 4.81. The highest BCUT2D eigenvalue weighted by Gasteiger charge is 2.10. The van der Waals surface area contributed by atoms with Crippen molar-refractivity contribution in [3.63, 3.8) is 0 Å². The van der Waals surface area contributed by atoms with E-state index < -0.39 is 0 Å². The minimum Gasteiger partial charge on any atom is -0.357 e. The molecule has 1 aromatic heterocycles. The van der Waals surface area contributed by atoms with Gasteiger partial charge in [-0.2, -0.15) is 0 Å². The molecule has 1 aliphatic heterocycles. The van der Waals surface area contributed by atoms with E-state index in [0.29, 0.717) is 13.0 Å².